The van der Waals surface area contributed by atoms with Crippen molar-refractivity contribution in [1.29, 1.82) is 0 Å². The maximum absolute atomic E-state index is 12.4. The van der Waals surface area contributed by atoms with Crippen molar-refractivity contribution < 1.29 is 53.3 Å². The molecule has 0 spiro atoms. The molecular formula is C37H67O11P. The van der Waals surface area contributed by atoms with Crippen LogP contribution in [0.25, 0.3) is 0 Å². The Hall–Kier alpha value is -1.59. The van der Waals surface area contributed by atoms with Crippen molar-refractivity contribution in [2.75, 3.05) is 13.2 Å². The summed E-state index contributed by atoms with van der Waals surface area (Å²) >= 11 is 0. The van der Waals surface area contributed by atoms with Gasteiger partial charge in [0, 0.05) is 18.8 Å². The van der Waals surface area contributed by atoms with E-state index in [-0.39, 0.29) is 31.1 Å². The smallest absolute Gasteiger partial charge is 0.461 e. The molecule has 6 atom stereocenters. The first-order chi connectivity index (χ1) is 23.5. The van der Waals surface area contributed by atoms with E-state index in [4.69, 9.17) is 19.3 Å². The van der Waals surface area contributed by atoms with Gasteiger partial charge in [-0.15, -0.1) is 0 Å². The lowest BCUT2D eigenvalue weighted by molar-refractivity contribution is -0.160. The van der Waals surface area contributed by atoms with Gasteiger partial charge in [0.15, 0.2) is 6.10 Å². The molecule has 0 aromatic heterocycles. The summed E-state index contributed by atoms with van der Waals surface area (Å²) < 4.78 is 26.2. The molecular weight excluding hydrogens is 651 g/mol. The lowest BCUT2D eigenvalue weighted by Gasteiger charge is -2.19. The Balaban J connectivity index is 2.39. The molecule has 0 heterocycles. The van der Waals surface area contributed by atoms with E-state index in [1.165, 1.54) is 57.8 Å². The summed E-state index contributed by atoms with van der Waals surface area (Å²) in [5.74, 6) is -1.78. The normalized spacial score (nSPS) is 21.0. The number of carbonyl (C=O) groups excluding carboxylic acids is 2. The number of rotatable bonds is 30. The summed E-state index contributed by atoms with van der Waals surface area (Å²) in [5.41, 5.74) is 0. The molecule has 0 aliphatic heterocycles. The Morgan fingerprint density at radius 3 is 1.94 bits per heavy atom. The molecule has 49 heavy (non-hydrogen) atoms. The van der Waals surface area contributed by atoms with Crippen LogP contribution < -0.4 is 0 Å². The number of carbonyl (C=O) groups is 2. The maximum Gasteiger partial charge on any atom is 0.469 e. The van der Waals surface area contributed by atoms with Crippen LogP contribution in [0.5, 0.6) is 0 Å². The SMILES string of the molecule is CCCCCCCCCCCCCCCC(=O)O[C@H](COC(=O)C/C=C\C[C@H]1[C@@H](/C=C/[C@H](O)CCCCC)[C@H](O)C[C@@H]1O)COP(=O)(O)O. The Morgan fingerprint density at radius 1 is 0.776 bits per heavy atom. The summed E-state index contributed by atoms with van der Waals surface area (Å²) in [7, 11) is -4.83. The van der Waals surface area contributed by atoms with Crippen LogP contribution in [-0.4, -0.2) is 74.7 Å². The van der Waals surface area contributed by atoms with Gasteiger partial charge in [-0.05, 0) is 25.2 Å². The molecule has 0 radical (unpaired) electrons. The lowest BCUT2D eigenvalue weighted by atomic mass is 9.89. The average molecular weight is 719 g/mol. The van der Waals surface area contributed by atoms with Crippen molar-refractivity contribution in [3.8, 4) is 0 Å². The summed E-state index contributed by atoms with van der Waals surface area (Å²) in [6.07, 6.45) is 23.2. The largest absolute Gasteiger partial charge is 0.469 e. The third-order valence-electron chi connectivity index (χ3n) is 9.08. The van der Waals surface area contributed by atoms with E-state index in [1.54, 1.807) is 24.3 Å². The molecule has 1 fully saturated rings. The van der Waals surface area contributed by atoms with E-state index >= 15 is 0 Å². The van der Waals surface area contributed by atoms with Gasteiger partial charge in [0.25, 0.3) is 0 Å². The maximum atomic E-state index is 12.4. The number of hydrogen-bond donors (Lipinski definition) is 5. The molecule has 286 valence electrons. The number of unbranched alkanes of at least 4 members (excludes halogenated alkanes) is 14. The fourth-order valence-corrected chi connectivity index (χ4v) is 6.53. The highest BCUT2D eigenvalue weighted by Crippen LogP contribution is 2.37. The van der Waals surface area contributed by atoms with Gasteiger partial charge in [-0.25, -0.2) is 4.57 Å². The zero-order chi connectivity index (χ0) is 36.3. The molecule has 0 bridgehead atoms. The molecule has 0 aromatic carbocycles. The van der Waals surface area contributed by atoms with Crippen LogP contribution >= 0.6 is 7.82 Å². The molecule has 0 amide bonds. The van der Waals surface area contributed by atoms with E-state index in [0.717, 1.165) is 38.5 Å². The van der Waals surface area contributed by atoms with E-state index < -0.39 is 57.4 Å². The zero-order valence-corrected chi connectivity index (χ0v) is 31.1. The first kappa shape index (κ1) is 45.4. The third-order valence-corrected chi connectivity index (χ3v) is 9.56. The molecule has 11 nitrogen and oxygen atoms in total. The molecule has 1 rings (SSSR count). The number of allylic oxidation sites excluding steroid dienone is 1. The number of hydrogen-bond acceptors (Lipinski definition) is 9. The molecule has 0 saturated heterocycles. The standard InChI is InChI=1S/C37H67O11P/c1-3-5-7-8-9-10-11-12-13-14-15-16-18-24-37(42)48-31(29-47-49(43,44)45)28-46-36(41)23-20-19-22-32-33(35(40)27-34(32)39)26-25-30(38)21-17-6-4-2/h19-20,25-26,30-35,38-40H,3-18,21-24,27-29H2,1-2H3,(H2,43,44,45)/b20-19-,26-25+/t30-,31-,32+,33-,34+,35-/m1/s1. The molecule has 1 aliphatic carbocycles. The summed E-state index contributed by atoms with van der Waals surface area (Å²) in [5, 5.41) is 31.1. The van der Waals surface area contributed by atoms with Gasteiger partial charge in [0.1, 0.15) is 6.61 Å². The first-order valence-electron chi connectivity index (χ1n) is 18.9. The number of ether oxygens (including phenoxy) is 2. The average Bonchev–Trinajstić information content (AvgIpc) is 3.32. The van der Waals surface area contributed by atoms with Gasteiger partial charge >= 0.3 is 19.8 Å². The predicted molar refractivity (Wildman–Crippen MR) is 190 cm³/mol. The van der Waals surface area contributed by atoms with Crippen molar-refractivity contribution in [2.24, 2.45) is 11.8 Å². The van der Waals surface area contributed by atoms with Gasteiger partial charge in [-0.3, -0.25) is 14.1 Å². The van der Waals surface area contributed by atoms with Crippen LogP contribution in [-0.2, 0) is 28.2 Å². The molecule has 1 aliphatic rings. The number of phosphoric acid groups is 1. The highest BCUT2D eigenvalue weighted by Gasteiger charge is 2.39. The van der Waals surface area contributed by atoms with Gasteiger partial charge in [0.2, 0.25) is 0 Å². The Kier molecular flexibility index (Phi) is 26.0. The van der Waals surface area contributed by atoms with E-state index in [0.29, 0.717) is 19.3 Å². The Bertz CT molecular complexity index is 966. The van der Waals surface area contributed by atoms with Crippen molar-refractivity contribution in [1.82, 2.24) is 0 Å². The van der Waals surface area contributed by atoms with Gasteiger partial charge < -0.3 is 34.6 Å². The summed E-state index contributed by atoms with van der Waals surface area (Å²) in [4.78, 5) is 42.9. The van der Waals surface area contributed by atoms with Crippen molar-refractivity contribution in [2.45, 2.75) is 173 Å². The summed E-state index contributed by atoms with van der Waals surface area (Å²) in [6.45, 7) is 3.28. The topological polar surface area (TPSA) is 180 Å². The third kappa shape index (κ3) is 24.3. The number of esters is 2. The van der Waals surface area contributed by atoms with Crippen LogP contribution in [0.1, 0.15) is 149 Å². The highest BCUT2D eigenvalue weighted by atomic mass is 31.2. The minimum Gasteiger partial charge on any atom is -0.461 e. The Morgan fingerprint density at radius 2 is 1.35 bits per heavy atom. The zero-order valence-electron chi connectivity index (χ0n) is 30.2. The van der Waals surface area contributed by atoms with Crippen molar-refractivity contribution in [3.05, 3.63) is 24.3 Å². The van der Waals surface area contributed by atoms with Gasteiger partial charge in [-0.1, -0.05) is 134 Å². The van der Waals surface area contributed by atoms with Crippen LogP contribution in [0.3, 0.4) is 0 Å². The lowest BCUT2D eigenvalue weighted by Crippen LogP contribution is -2.29. The quantitative estimate of drug-likeness (QED) is 0.0219. The fraction of sp³-hybridized carbons (Fsp3) is 0.838. The second-order valence-electron chi connectivity index (χ2n) is 13.5. The predicted octanol–water partition coefficient (Wildman–Crippen LogP) is 7.22. The number of aliphatic hydroxyl groups is 3. The van der Waals surface area contributed by atoms with E-state index in [2.05, 4.69) is 18.4 Å². The first-order valence-corrected chi connectivity index (χ1v) is 20.4. The second kappa shape index (κ2) is 28.1. The number of phosphoric ester groups is 1. The minimum absolute atomic E-state index is 0.110. The monoisotopic (exact) mass is 718 g/mol. The molecule has 1 saturated carbocycles. The van der Waals surface area contributed by atoms with E-state index in [9.17, 15) is 29.5 Å². The number of aliphatic hydroxyl groups excluding tert-OH is 3. The second-order valence-corrected chi connectivity index (χ2v) is 14.8. The van der Waals surface area contributed by atoms with Crippen molar-refractivity contribution in [3.63, 3.8) is 0 Å². The molecule has 0 unspecified atom stereocenters. The van der Waals surface area contributed by atoms with Crippen LogP contribution in [0.4, 0.5) is 0 Å². The highest BCUT2D eigenvalue weighted by molar-refractivity contribution is 7.46. The van der Waals surface area contributed by atoms with Gasteiger partial charge in [-0.2, -0.15) is 0 Å². The van der Waals surface area contributed by atoms with Crippen molar-refractivity contribution >= 4 is 19.8 Å². The van der Waals surface area contributed by atoms with E-state index in [1.807, 2.05) is 0 Å². The molecule has 12 heteroatoms. The van der Waals surface area contributed by atoms with Crippen LogP contribution in [0, 0.1) is 11.8 Å². The molecule has 0 aromatic rings. The summed E-state index contributed by atoms with van der Waals surface area (Å²) in [6, 6.07) is 0. The van der Waals surface area contributed by atoms with Gasteiger partial charge in [0.05, 0.1) is 31.3 Å². The minimum atomic E-state index is -4.83. The van der Waals surface area contributed by atoms with Crippen LogP contribution in [0.15, 0.2) is 24.3 Å². The fourth-order valence-electron chi connectivity index (χ4n) is 6.17. The molecule has 5 N–H and O–H groups in total. The Labute approximate surface area is 295 Å². The van der Waals surface area contributed by atoms with Crippen LogP contribution in [0.2, 0.25) is 0 Å².